The Bertz CT molecular complexity index is 429. The third-order valence-electron chi connectivity index (χ3n) is 1.57. The average molecular weight is 310 g/mol. The Labute approximate surface area is 91.4 Å². The van der Waals surface area contributed by atoms with Gasteiger partial charge in [-0.3, -0.25) is 0 Å². The fraction of sp³-hybridized carbons (Fsp3) is 1.00. The van der Waals surface area contributed by atoms with Crippen LogP contribution in [0.3, 0.4) is 0 Å². The van der Waals surface area contributed by atoms with Crippen LogP contribution in [0.1, 0.15) is 0 Å². The summed E-state index contributed by atoms with van der Waals surface area (Å²) in [5, 5.41) is 0. The molecule has 0 heterocycles. The number of rotatable bonds is 3. The Kier molecular flexibility index (Phi) is 4.13. The van der Waals surface area contributed by atoms with Gasteiger partial charge in [0.1, 0.15) is 6.54 Å². The molecule has 3 N–H and O–H groups in total. The quantitative estimate of drug-likeness (QED) is 0.706. The van der Waals surface area contributed by atoms with E-state index >= 15 is 0 Å². The van der Waals surface area contributed by atoms with Gasteiger partial charge < -0.3 is 5.73 Å². The van der Waals surface area contributed by atoms with Crippen molar-refractivity contribution in [2.45, 2.75) is 15.6 Å². The van der Waals surface area contributed by atoms with Crippen molar-refractivity contribution < 1.29 is 48.9 Å². The fourth-order valence-electron chi connectivity index (χ4n) is 0.775. The van der Waals surface area contributed by atoms with Crippen LogP contribution in [0.25, 0.3) is 0 Å². The summed E-state index contributed by atoms with van der Waals surface area (Å²) in [6, 6.07) is 0. The van der Waals surface area contributed by atoms with Gasteiger partial charge in [-0.25, -0.2) is 16.8 Å². The minimum atomic E-state index is -6.50. The first-order chi connectivity index (χ1) is 7.19. The molecular weight excluding hydrogens is 304 g/mol. The second-order valence-electron chi connectivity index (χ2n) is 2.70. The van der Waals surface area contributed by atoms with Crippen molar-refractivity contribution in [3.8, 4) is 0 Å². The smallest absolute Gasteiger partial charge is 0.356 e. The van der Waals surface area contributed by atoms with E-state index in [-0.39, 0.29) is 0 Å². The van der Waals surface area contributed by atoms with E-state index in [2.05, 4.69) is 5.73 Å². The van der Waals surface area contributed by atoms with Crippen LogP contribution in [0.4, 0.5) is 26.3 Å². The first-order valence-corrected chi connectivity index (χ1v) is 6.68. The molecule has 0 amide bonds. The molecule has 0 aromatic heterocycles. The summed E-state index contributed by atoms with van der Waals surface area (Å²) in [6.07, 6.45) is 0. The second-order valence-corrected chi connectivity index (χ2v) is 7.24. The van der Waals surface area contributed by atoms with Crippen molar-refractivity contribution in [3.05, 3.63) is 0 Å². The summed E-state index contributed by atoms with van der Waals surface area (Å²) in [4.78, 5) is 0. The van der Waals surface area contributed by atoms with Crippen molar-refractivity contribution in [1.29, 1.82) is 0 Å². The molecule has 13 heteroatoms. The van der Waals surface area contributed by atoms with Gasteiger partial charge in [-0.05, 0) is 0 Å². The number of hydrogen-bond acceptors (Lipinski definition) is 4. The van der Waals surface area contributed by atoms with Gasteiger partial charge in [-0.2, -0.15) is 26.3 Å². The second kappa shape index (κ2) is 4.28. The predicted molar refractivity (Wildman–Crippen MR) is 41.5 cm³/mol. The highest BCUT2D eigenvalue weighted by molar-refractivity contribution is 8.09. The van der Waals surface area contributed by atoms with Gasteiger partial charge in [0.2, 0.25) is 4.58 Å². The van der Waals surface area contributed by atoms with Crippen molar-refractivity contribution >= 4 is 19.7 Å². The lowest BCUT2D eigenvalue weighted by atomic mass is 10.8. The maximum absolute atomic E-state index is 11.9. The predicted octanol–water partition coefficient (Wildman–Crippen LogP) is -0.576. The van der Waals surface area contributed by atoms with Crippen LogP contribution in [-0.4, -0.2) is 39.0 Å². The molecule has 0 aromatic rings. The highest BCUT2D eigenvalue weighted by Gasteiger charge is 2.63. The fourth-order valence-corrected chi connectivity index (χ4v) is 3.98. The van der Waals surface area contributed by atoms with Gasteiger partial charge in [0.25, 0.3) is 19.7 Å². The Morgan fingerprint density at radius 3 is 1.18 bits per heavy atom. The van der Waals surface area contributed by atoms with Crippen molar-refractivity contribution in [1.82, 2.24) is 0 Å². The highest BCUT2D eigenvalue weighted by atomic mass is 32.3. The van der Waals surface area contributed by atoms with E-state index in [0.717, 1.165) is 0 Å². The highest BCUT2D eigenvalue weighted by Crippen LogP contribution is 2.35. The van der Waals surface area contributed by atoms with E-state index < -0.39 is 41.8 Å². The molecule has 0 unspecified atom stereocenters. The van der Waals surface area contributed by atoms with E-state index in [4.69, 9.17) is 0 Å². The molecule has 0 atom stereocenters. The summed E-state index contributed by atoms with van der Waals surface area (Å²) in [5.74, 6) is 0. The molecule has 0 aliphatic heterocycles. The largest absolute Gasteiger partial charge is 0.498 e. The lowest BCUT2D eigenvalue weighted by molar-refractivity contribution is -0.363. The van der Waals surface area contributed by atoms with E-state index in [1.807, 2.05) is 0 Å². The molecule has 0 aliphatic carbocycles. The molecule has 0 saturated carbocycles. The number of sulfone groups is 2. The Balaban J connectivity index is 5.90. The number of quaternary nitrogens is 1. The zero-order valence-electron chi connectivity index (χ0n) is 7.71. The van der Waals surface area contributed by atoms with Gasteiger partial charge >= 0.3 is 11.0 Å². The first kappa shape index (κ1) is 16.4. The lowest BCUT2D eigenvalue weighted by Gasteiger charge is -2.17. The summed E-state index contributed by atoms with van der Waals surface area (Å²) in [7, 11) is -13.0. The summed E-state index contributed by atoms with van der Waals surface area (Å²) in [5.41, 5.74) is -9.72. The molecule has 0 radical (unpaired) electrons. The number of halogens is 6. The average Bonchev–Trinajstić information content (AvgIpc) is 1.99. The van der Waals surface area contributed by atoms with Crippen molar-refractivity contribution in [2.75, 3.05) is 6.54 Å². The number of hydrogen-bond donors (Lipinski definition) is 1. The normalized spacial score (nSPS) is 15.3. The zero-order chi connectivity index (χ0) is 14.3. The number of alkyl halides is 6. The SMILES string of the molecule is [NH3+]CC(S(=O)(=O)C(F)(F)F)S(=O)(=O)C(F)(F)F. The van der Waals surface area contributed by atoms with Gasteiger partial charge in [0.05, 0.1) is 0 Å². The third kappa shape index (κ3) is 2.82. The van der Waals surface area contributed by atoms with Gasteiger partial charge in [-0.15, -0.1) is 0 Å². The topological polar surface area (TPSA) is 95.9 Å². The minimum Gasteiger partial charge on any atom is -0.356 e. The molecule has 104 valence electrons. The van der Waals surface area contributed by atoms with Crippen molar-refractivity contribution in [2.24, 2.45) is 0 Å². The van der Waals surface area contributed by atoms with Crippen LogP contribution in [0, 0.1) is 0 Å². The van der Waals surface area contributed by atoms with E-state index in [1.165, 1.54) is 0 Å². The van der Waals surface area contributed by atoms with Gasteiger partial charge in [0.15, 0.2) is 0 Å². The summed E-state index contributed by atoms with van der Waals surface area (Å²) >= 11 is 0. The molecule has 17 heavy (non-hydrogen) atoms. The molecular formula is C4H6F6NO4S2+. The summed E-state index contributed by atoms with van der Waals surface area (Å²) < 4.78 is 110. The van der Waals surface area contributed by atoms with E-state index in [9.17, 15) is 43.2 Å². The van der Waals surface area contributed by atoms with Crippen LogP contribution < -0.4 is 5.73 Å². The lowest BCUT2D eigenvalue weighted by Crippen LogP contribution is -2.62. The van der Waals surface area contributed by atoms with Gasteiger partial charge in [-0.1, -0.05) is 0 Å². The standard InChI is InChI=1S/C4H5F6NO4S2/c5-3(6,7)16(12,13)2(1-11)17(14,15)4(8,9)10/h2H,1,11H2/p+1. The molecule has 5 nitrogen and oxygen atoms in total. The first-order valence-electron chi connectivity index (χ1n) is 3.59. The van der Waals surface area contributed by atoms with Crippen LogP contribution in [0.15, 0.2) is 0 Å². The monoisotopic (exact) mass is 310 g/mol. The minimum absolute atomic E-state index is 1.61. The third-order valence-corrected chi connectivity index (χ3v) is 6.24. The van der Waals surface area contributed by atoms with Crippen LogP contribution in [0.2, 0.25) is 0 Å². The van der Waals surface area contributed by atoms with Crippen LogP contribution >= 0.6 is 0 Å². The molecule has 0 rings (SSSR count). The molecule has 0 aromatic carbocycles. The maximum Gasteiger partial charge on any atom is 0.498 e. The molecule has 0 fully saturated rings. The Morgan fingerprint density at radius 2 is 1.06 bits per heavy atom. The maximum atomic E-state index is 11.9. The Morgan fingerprint density at radius 1 is 0.824 bits per heavy atom. The van der Waals surface area contributed by atoms with Crippen LogP contribution in [-0.2, 0) is 19.7 Å². The van der Waals surface area contributed by atoms with Crippen LogP contribution in [0.5, 0.6) is 0 Å². The van der Waals surface area contributed by atoms with Gasteiger partial charge in [0, 0.05) is 0 Å². The molecule has 0 saturated heterocycles. The molecule has 0 bridgehead atoms. The van der Waals surface area contributed by atoms with E-state index in [1.54, 1.807) is 0 Å². The van der Waals surface area contributed by atoms with E-state index in [0.29, 0.717) is 0 Å². The zero-order valence-corrected chi connectivity index (χ0v) is 9.34. The molecule has 0 aliphatic rings. The molecule has 0 spiro atoms. The van der Waals surface area contributed by atoms with Crippen molar-refractivity contribution in [3.63, 3.8) is 0 Å². The Hall–Kier alpha value is -0.560. The summed E-state index contributed by atoms with van der Waals surface area (Å²) in [6.45, 7) is -1.61.